The largest absolute Gasteiger partial charge is 0.507 e. The summed E-state index contributed by atoms with van der Waals surface area (Å²) in [6.45, 7) is 2.95. The number of nitrogens with one attached hydrogen (secondary N) is 1. The van der Waals surface area contributed by atoms with E-state index in [-0.39, 0.29) is 11.3 Å². The van der Waals surface area contributed by atoms with Gasteiger partial charge in [0.25, 0.3) is 5.79 Å². The number of benzene rings is 1. The molecule has 1 aromatic rings. The molecule has 0 radical (unpaired) electrons. The summed E-state index contributed by atoms with van der Waals surface area (Å²) in [5.41, 5.74) is 0.348. The Kier molecular flexibility index (Phi) is 3.71. The van der Waals surface area contributed by atoms with E-state index in [2.05, 4.69) is 21.2 Å². The first-order chi connectivity index (χ1) is 9.28. The van der Waals surface area contributed by atoms with E-state index in [4.69, 9.17) is 9.47 Å². The van der Waals surface area contributed by atoms with Crippen LogP contribution in [0.15, 0.2) is 34.4 Å². The number of rotatable bonds is 2. The average Bonchev–Trinajstić information content (AvgIpc) is 2.31. The Bertz CT molecular complexity index is 587. The summed E-state index contributed by atoms with van der Waals surface area (Å²) in [6, 6.07) is 4.64. The minimum atomic E-state index is -1.26. The number of anilines is 1. The molecule has 20 heavy (non-hydrogen) atoms. The molecule has 1 aliphatic heterocycles. The number of hydrogen-bond donors (Lipinski definition) is 2. The molecule has 1 fully saturated rings. The SMILES string of the molecule is CC1(C)OC(=O)C(=CNc2ccc(O)c(Br)c2)C(=O)O1. The summed E-state index contributed by atoms with van der Waals surface area (Å²) in [5.74, 6) is -2.68. The Morgan fingerprint density at radius 3 is 2.40 bits per heavy atom. The van der Waals surface area contributed by atoms with Crippen LogP contribution in [-0.2, 0) is 19.1 Å². The number of ether oxygens (including phenoxy) is 2. The molecule has 1 aliphatic rings. The van der Waals surface area contributed by atoms with Gasteiger partial charge in [-0.25, -0.2) is 9.59 Å². The van der Waals surface area contributed by atoms with Crippen LogP contribution in [0.3, 0.4) is 0 Å². The van der Waals surface area contributed by atoms with E-state index >= 15 is 0 Å². The van der Waals surface area contributed by atoms with E-state index in [0.717, 1.165) is 0 Å². The molecule has 0 bridgehead atoms. The van der Waals surface area contributed by atoms with E-state index in [1.807, 2.05) is 0 Å². The minimum absolute atomic E-state index is 0.0847. The third-order valence-electron chi connectivity index (χ3n) is 2.45. The molecule has 106 valence electrons. The monoisotopic (exact) mass is 341 g/mol. The van der Waals surface area contributed by atoms with Gasteiger partial charge < -0.3 is 19.9 Å². The van der Waals surface area contributed by atoms with Gasteiger partial charge >= 0.3 is 11.9 Å². The molecule has 0 aliphatic carbocycles. The highest BCUT2D eigenvalue weighted by Gasteiger charge is 2.38. The molecule has 0 atom stereocenters. The first-order valence-corrected chi connectivity index (χ1v) is 6.50. The maximum atomic E-state index is 11.7. The van der Waals surface area contributed by atoms with Crippen LogP contribution >= 0.6 is 15.9 Å². The second-order valence-electron chi connectivity index (χ2n) is 4.55. The fourth-order valence-electron chi connectivity index (χ4n) is 1.53. The van der Waals surface area contributed by atoms with Gasteiger partial charge in [-0.2, -0.15) is 0 Å². The minimum Gasteiger partial charge on any atom is -0.507 e. The molecule has 0 unspecified atom stereocenters. The second kappa shape index (κ2) is 5.16. The number of halogens is 1. The van der Waals surface area contributed by atoms with Crippen LogP contribution in [-0.4, -0.2) is 22.8 Å². The third-order valence-corrected chi connectivity index (χ3v) is 3.08. The summed E-state index contributed by atoms with van der Waals surface area (Å²) < 4.78 is 10.4. The fourth-order valence-corrected chi connectivity index (χ4v) is 1.91. The van der Waals surface area contributed by atoms with Gasteiger partial charge in [0.1, 0.15) is 5.75 Å². The summed E-state index contributed by atoms with van der Waals surface area (Å²) in [7, 11) is 0. The number of phenols is 1. The van der Waals surface area contributed by atoms with Gasteiger partial charge in [0.15, 0.2) is 5.57 Å². The van der Waals surface area contributed by atoms with E-state index in [1.54, 1.807) is 12.1 Å². The highest BCUT2D eigenvalue weighted by atomic mass is 79.9. The van der Waals surface area contributed by atoms with Crippen LogP contribution in [0.25, 0.3) is 0 Å². The second-order valence-corrected chi connectivity index (χ2v) is 5.40. The van der Waals surface area contributed by atoms with Crippen molar-refractivity contribution in [3.05, 3.63) is 34.4 Å². The Hall–Kier alpha value is -2.02. The maximum absolute atomic E-state index is 11.7. The molecular formula is C13H12BrNO5. The number of esters is 2. The molecule has 1 saturated heterocycles. The lowest BCUT2D eigenvalue weighted by Gasteiger charge is -2.29. The zero-order chi connectivity index (χ0) is 14.9. The first-order valence-electron chi connectivity index (χ1n) is 5.70. The van der Waals surface area contributed by atoms with Crippen molar-refractivity contribution < 1.29 is 24.2 Å². The normalized spacial score (nSPS) is 17.2. The van der Waals surface area contributed by atoms with Crippen LogP contribution in [0.2, 0.25) is 0 Å². The molecule has 1 heterocycles. The van der Waals surface area contributed by atoms with E-state index < -0.39 is 17.7 Å². The van der Waals surface area contributed by atoms with Crippen molar-refractivity contribution in [1.82, 2.24) is 0 Å². The number of carbonyl (C=O) groups is 2. The Balaban J connectivity index is 2.17. The van der Waals surface area contributed by atoms with Gasteiger partial charge in [-0.05, 0) is 34.1 Å². The molecular weight excluding hydrogens is 330 g/mol. The van der Waals surface area contributed by atoms with Crippen molar-refractivity contribution in [2.45, 2.75) is 19.6 Å². The average molecular weight is 342 g/mol. The number of phenolic OH excluding ortho intramolecular Hbond substituents is 1. The van der Waals surface area contributed by atoms with Crippen LogP contribution in [0.4, 0.5) is 5.69 Å². The molecule has 0 saturated carbocycles. The maximum Gasteiger partial charge on any atom is 0.350 e. The molecule has 2 N–H and O–H groups in total. The lowest BCUT2D eigenvalue weighted by Crippen LogP contribution is -2.42. The molecule has 0 aromatic heterocycles. The first kappa shape index (κ1) is 14.4. The van der Waals surface area contributed by atoms with Crippen molar-refractivity contribution in [3.8, 4) is 5.75 Å². The van der Waals surface area contributed by atoms with Crippen LogP contribution in [0.1, 0.15) is 13.8 Å². The predicted octanol–water partition coefficient (Wildman–Crippen LogP) is 2.29. The Labute approximate surface area is 123 Å². The van der Waals surface area contributed by atoms with Crippen LogP contribution < -0.4 is 5.32 Å². The molecule has 7 heteroatoms. The fraction of sp³-hybridized carbons (Fsp3) is 0.231. The van der Waals surface area contributed by atoms with Crippen molar-refractivity contribution in [2.75, 3.05) is 5.32 Å². The van der Waals surface area contributed by atoms with E-state index in [1.165, 1.54) is 26.1 Å². The molecule has 6 nitrogen and oxygen atoms in total. The smallest absolute Gasteiger partial charge is 0.350 e. The van der Waals surface area contributed by atoms with Crippen molar-refractivity contribution in [1.29, 1.82) is 0 Å². The molecule has 1 aromatic carbocycles. The zero-order valence-electron chi connectivity index (χ0n) is 10.8. The van der Waals surface area contributed by atoms with Crippen LogP contribution in [0.5, 0.6) is 5.75 Å². The molecule has 0 amide bonds. The van der Waals surface area contributed by atoms with Gasteiger partial charge in [-0.3, -0.25) is 0 Å². The van der Waals surface area contributed by atoms with Gasteiger partial charge in [-0.15, -0.1) is 0 Å². The van der Waals surface area contributed by atoms with Gasteiger partial charge in [-0.1, -0.05) is 0 Å². The summed E-state index contributed by atoms with van der Waals surface area (Å²) in [4.78, 5) is 23.4. The van der Waals surface area contributed by atoms with E-state index in [0.29, 0.717) is 10.2 Å². The number of cyclic esters (lactones) is 2. The summed E-state index contributed by atoms with van der Waals surface area (Å²) >= 11 is 3.16. The predicted molar refractivity (Wildman–Crippen MR) is 73.8 cm³/mol. The number of aromatic hydroxyl groups is 1. The topological polar surface area (TPSA) is 84.9 Å². The number of hydrogen-bond acceptors (Lipinski definition) is 6. The quantitative estimate of drug-likeness (QED) is 0.371. The summed E-state index contributed by atoms with van der Waals surface area (Å²) in [6.07, 6.45) is 1.21. The van der Waals surface area contributed by atoms with Gasteiger partial charge in [0, 0.05) is 25.7 Å². The van der Waals surface area contributed by atoms with Crippen molar-refractivity contribution in [3.63, 3.8) is 0 Å². The van der Waals surface area contributed by atoms with Crippen molar-refractivity contribution >= 4 is 33.6 Å². The number of carbonyl (C=O) groups excluding carboxylic acids is 2. The molecule has 0 spiro atoms. The van der Waals surface area contributed by atoms with E-state index in [9.17, 15) is 14.7 Å². The lowest BCUT2D eigenvalue weighted by molar-refractivity contribution is -0.222. The lowest BCUT2D eigenvalue weighted by atomic mass is 10.2. The van der Waals surface area contributed by atoms with Gasteiger partial charge in [0.05, 0.1) is 4.47 Å². The van der Waals surface area contributed by atoms with Gasteiger partial charge in [0.2, 0.25) is 0 Å². The Morgan fingerprint density at radius 1 is 1.25 bits per heavy atom. The van der Waals surface area contributed by atoms with Crippen molar-refractivity contribution in [2.24, 2.45) is 0 Å². The molecule has 2 rings (SSSR count). The summed E-state index contributed by atoms with van der Waals surface area (Å²) in [5, 5.41) is 12.1. The Morgan fingerprint density at radius 2 is 1.85 bits per heavy atom. The zero-order valence-corrected chi connectivity index (χ0v) is 12.4. The standard InChI is InChI=1S/C13H12BrNO5/c1-13(2)19-11(17)8(12(18)20-13)6-15-7-3-4-10(16)9(14)5-7/h3-6,15-16H,1-2H3. The highest BCUT2D eigenvalue weighted by molar-refractivity contribution is 9.10. The van der Waals surface area contributed by atoms with Crippen LogP contribution in [0, 0.1) is 0 Å². The third kappa shape index (κ3) is 3.11. The highest BCUT2D eigenvalue weighted by Crippen LogP contribution is 2.27.